The van der Waals surface area contributed by atoms with E-state index in [0.717, 1.165) is 31.2 Å². The molecule has 1 aliphatic rings. The number of ether oxygens (including phenoxy) is 1. The fourth-order valence-corrected chi connectivity index (χ4v) is 3.53. The monoisotopic (exact) mass is 397 g/mol. The lowest BCUT2D eigenvalue weighted by molar-refractivity contribution is 0.0889. The van der Waals surface area contributed by atoms with Crippen LogP contribution in [-0.2, 0) is 0 Å². The van der Waals surface area contributed by atoms with E-state index in [1.165, 1.54) is 0 Å². The van der Waals surface area contributed by atoms with Crippen molar-refractivity contribution in [3.8, 4) is 11.8 Å². The number of pyridine rings is 1. The number of rotatable bonds is 5. The van der Waals surface area contributed by atoms with Crippen molar-refractivity contribution in [1.29, 1.82) is 5.26 Å². The van der Waals surface area contributed by atoms with Crippen molar-refractivity contribution in [2.24, 2.45) is 0 Å². The Morgan fingerprint density at radius 1 is 1.25 bits per heavy atom. The van der Waals surface area contributed by atoms with Gasteiger partial charge in [-0.15, -0.1) is 0 Å². The van der Waals surface area contributed by atoms with Gasteiger partial charge >= 0.3 is 0 Å². The molecule has 5 nitrogen and oxygen atoms in total. The van der Waals surface area contributed by atoms with Gasteiger partial charge in [0.15, 0.2) is 0 Å². The molecular weight excluding hydrogens is 374 g/mol. The molecule has 3 rings (SSSR count). The molecule has 1 aromatic heterocycles. The predicted molar refractivity (Wildman–Crippen MR) is 109 cm³/mol. The molecule has 0 spiro atoms. The van der Waals surface area contributed by atoms with Crippen molar-refractivity contribution in [3.05, 3.63) is 58.4 Å². The SMILES string of the molecule is CC(C)c1ccc(C(=O)N[C@H]2CC[C@H](Oc3ccc(C#N)c(Cl)c3)CC2)nc1. The van der Waals surface area contributed by atoms with Crippen LogP contribution in [0.4, 0.5) is 0 Å². The van der Waals surface area contributed by atoms with Gasteiger partial charge in [-0.25, -0.2) is 0 Å². The Labute approximate surface area is 170 Å². The highest BCUT2D eigenvalue weighted by molar-refractivity contribution is 6.31. The molecule has 0 aliphatic heterocycles. The summed E-state index contributed by atoms with van der Waals surface area (Å²) in [6, 6.07) is 11.0. The molecule has 1 amide bonds. The number of nitriles is 1. The van der Waals surface area contributed by atoms with Crippen LogP contribution >= 0.6 is 11.6 Å². The van der Waals surface area contributed by atoms with Crippen molar-refractivity contribution in [2.45, 2.75) is 57.6 Å². The molecule has 2 aromatic rings. The minimum Gasteiger partial charge on any atom is -0.490 e. The fraction of sp³-hybridized carbons (Fsp3) is 0.409. The van der Waals surface area contributed by atoms with Crippen LogP contribution in [0.25, 0.3) is 0 Å². The van der Waals surface area contributed by atoms with Crippen LogP contribution in [-0.4, -0.2) is 23.0 Å². The molecule has 1 aromatic carbocycles. The van der Waals surface area contributed by atoms with Crippen LogP contribution in [0.3, 0.4) is 0 Å². The summed E-state index contributed by atoms with van der Waals surface area (Å²) in [7, 11) is 0. The maximum atomic E-state index is 12.4. The van der Waals surface area contributed by atoms with Crippen LogP contribution in [0.1, 0.15) is 67.1 Å². The highest BCUT2D eigenvalue weighted by Gasteiger charge is 2.24. The Kier molecular flexibility index (Phi) is 6.53. The average Bonchev–Trinajstić information content (AvgIpc) is 2.69. The standard InChI is InChI=1S/C22H24ClN3O2/c1-14(2)16-4-10-21(25-13-16)22(27)26-17-5-8-18(9-6-17)28-19-7-3-15(12-24)20(23)11-19/h3-4,7,10-11,13-14,17-18H,5-6,8-9H2,1-2H3,(H,26,27)/t17-,18-. The average molecular weight is 398 g/mol. The normalized spacial score (nSPS) is 19.1. The largest absolute Gasteiger partial charge is 0.490 e. The molecule has 28 heavy (non-hydrogen) atoms. The molecule has 0 unspecified atom stereocenters. The van der Waals surface area contributed by atoms with Gasteiger partial charge in [0.05, 0.1) is 16.7 Å². The van der Waals surface area contributed by atoms with E-state index < -0.39 is 0 Å². The van der Waals surface area contributed by atoms with E-state index in [1.54, 1.807) is 30.5 Å². The molecule has 6 heteroatoms. The number of nitrogens with zero attached hydrogens (tertiary/aromatic N) is 2. The van der Waals surface area contributed by atoms with E-state index in [4.69, 9.17) is 21.6 Å². The number of amides is 1. The topological polar surface area (TPSA) is 75.0 Å². The maximum Gasteiger partial charge on any atom is 0.270 e. The molecule has 0 bridgehead atoms. The number of carbonyl (C=O) groups is 1. The molecule has 1 saturated carbocycles. The summed E-state index contributed by atoms with van der Waals surface area (Å²) in [5.41, 5.74) is 2.02. The Balaban J connectivity index is 1.49. The minimum atomic E-state index is -0.126. The zero-order valence-electron chi connectivity index (χ0n) is 16.1. The number of nitrogens with one attached hydrogen (secondary N) is 1. The first-order valence-corrected chi connectivity index (χ1v) is 9.97. The summed E-state index contributed by atoms with van der Waals surface area (Å²) in [6.07, 6.45) is 5.26. The summed E-state index contributed by atoms with van der Waals surface area (Å²) >= 11 is 6.06. The third kappa shape index (κ3) is 5.02. The second kappa shape index (κ2) is 9.07. The number of halogens is 1. The molecule has 0 radical (unpaired) electrons. The van der Waals surface area contributed by atoms with Crippen LogP contribution in [0, 0.1) is 11.3 Å². The number of carbonyl (C=O) groups excluding carboxylic acids is 1. The Bertz CT molecular complexity index is 866. The lowest BCUT2D eigenvalue weighted by Crippen LogP contribution is -2.40. The summed E-state index contributed by atoms with van der Waals surface area (Å²) < 4.78 is 5.99. The highest BCUT2D eigenvalue weighted by atomic mass is 35.5. The minimum absolute atomic E-state index is 0.0839. The molecule has 1 heterocycles. The molecule has 1 aliphatic carbocycles. The molecular formula is C22H24ClN3O2. The van der Waals surface area contributed by atoms with E-state index >= 15 is 0 Å². The Morgan fingerprint density at radius 3 is 2.57 bits per heavy atom. The van der Waals surface area contributed by atoms with Gasteiger partial charge in [-0.05, 0) is 55.4 Å². The Morgan fingerprint density at radius 2 is 2.00 bits per heavy atom. The van der Waals surface area contributed by atoms with E-state index in [9.17, 15) is 4.79 Å². The van der Waals surface area contributed by atoms with Crippen LogP contribution in [0.2, 0.25) is 5.02 Å². The van der Waals surface area contributed by atoms with Crippen molar-refractivity contribution in [1.82, 2.24) is 10.3 Å². The summed E-state index contributed by atoms with van der Waals surface area (Å²) in [4.78, 5) is 16.7. The van der Waals surface area contributed by atoms with Crippen molar-refractivity contribution >= 4 is 17.5 Å². The maximum absolute atomic E-state index is 12.4. The summed E-state index contributed by atoms with van der Waals surface area (Å²) in [6.45, 7) is 4.20. The zero-order valence-corrected chi connectivity index (χ0v) is 16.9. The number of hydrogen-bond acceptors (Lipinski definition) is 4. The van der Waals surface area contributed by atoms with Crippen molar-refractivity contribution in [2.75, 3.05) is 0 Å². The first kappa shape index (κ1) is 20.2. The van der Waals surface area contributed by atoms with Crippen molar-refractivity contribution < 1.29 is 9.53 Å². The summed E-state index contributed by atoms with van der Waals surface area (Å²) in [5, 5.41) is 12.4. The summed E-state index contributed by atoms with van der Waals surface area (Å²) in [5.74, 6) is 0.940. The number of aromatic nitrogens is 1. The van der Waals surface area contributed by atoms with Gasteiger partial charge in [0.2, 0.25) is 0 Å². The number of hydrogen-bond donors (Lipinski definition) is 1. The third-order valence-electron chi connectivity index (χ3n) is 5.06. The van der Waals surface area contributed by atoms with Gasteiger partial charge < -0.3 is 10.1 Å². The lowest BCUT2D eigenvalue weighted by atomic mass is 9.92. The molecule has 1 N–H and O–H groups in total. The van der Waals surface area contributed by atoms with Crippen molar-refractivity contribution in [3.63, 3.8) is 0 Å². The molecule has 0 saturated heterocycles. The van der Waals surface area contributed by atoms with Crippen LogP contribution < -0.4 is 10.1 Å². The van der Waals surface area contributed by atoms with Gasteiger partial charge in [0.1, 0.15) is 17.5 Å². The highest BCUT2D eigenvalue weighted by Crippen LogP contribution is 2.27. The van der Waals surface area contributed by atoms with Gasteiger partial charge in [0, 0.05) is 18.3 Å². The second-order valence-corrected chi connectivity index (χ2v) is 7.86. The predicted octanol–water partition coefficient (Wildman–Crippen LogP) is 4.85. The third-order valence-corrected chi connectivity index (χ3v) is 5.37. The van der Waals surface area contributed by atoms with Gasteiger partial charge in [-0.3, -0.25) is 9.78 Å². The van der Waals surface area contributed by atoms with Crippen LogP contribution in [0.5, 0.6) is 5.75 Å². The molecule has 1 fully saturated rings. The molecule has 0 atom stereocenters. The fourth-order valence-electron chi connectivity index (χ4n) is 3.32. The lowest BCUT2D eigenvalue weighted by Gasteiger charge is -2.29. The smallest absolute Gasteiger partial charge is 0.270 e. The van der Waals surface area contributed by atoms with E-state index in [2.05, 4.69) is 24.1 Å². The van der Waals surface area contributed by atoms with E-state index in [-0.39, 0.29) is 18.1 Å². The second-order valence-electron chi connectivity index (χ2n) is 7.45. The first-order valence-electron chi connectivity index (χ1n) is 9.59. The van der Waals surface area contributed by atoms with Gasteiger partial charge in [0.25, 0.3) is 5.91 Å². The quantitative estimate of drug-likeness (QED) is 0.782. The Hall–Kier alpha value is -2.58. The molecule has 146 valence electrons. The number of benzene rings is 1. The van der Waals surface area contributed by atoms with Gasteiger partial charge in [-0.1, -0.05) is 31.5 Å². The van der Waals surface area contributed by atoms with E-state index in [1.807, 2.05) is 12.1 Å². The zero-order chi connectivity index (χ0) is 20.1. The van der Waals surface area contributed by atoms with Gasteiger partial charge in [-0.2, -0.15) is 5.26 Å². The first-order chi connectivity index (χ1) is 13.5. The van der Waals surface area contributed by atoms with E-state index in [0.29, 0.717) is 27.9 Å². The van der Waals surface area contributed by atoms with Crippen LogP contribution in [0.15, 0.2) is 36.5 Å².